The fraction of sp³-hybridized carbons (Fsp3) is 0.154. The van der Waals surface area contributed by atoms with Gasteiger partial charge in [-0.3, -0.25) is 4.98 Å². The van der Waals surface area contributed by atoms with Gasteiger partial charge in [-0.05, 0) is 36.2 Å². The highest BCUT2D eigenvalue weighted by molar-refractivity contribution is 6.36. The summed E-state index contributed by atoms with van der Waals surface area (Å²) in [5.74, 6) is 0. The first-order chi connectivity index (χ1) is 8.18. The van der Waals surface area contributed by atoms with Crippen LogP contribution in [0.15, 0.2) is 42.7 Å². The summed E-state index contributed by atoms with van der Waals surface area (Å²) >= 11 is 12.2. The molecule has 2 nitrogen and oxygen atoms in total. The summed E-state index contributed by atoms with van der Waals surface area (Å²) in [5, 5.41) is 1.22. The van der Waals surface area contributed by atoms with Crippen LogP contribution in [0.1, 0.15) is 17.2 Å². The van der Waals surface area contributed by atoms with Gasteiger partial charge in [-0.2, -0.15) is 0 Å². The zero-order valence-electron chi connectivity index (χ0n) is 9.11. The second kappa shape index (κ2) is 5.50. The van der Waals surface area contributed by atoms with Crippen LogP contribution in [0.2, 0.25) is 10.0 Å². The number of halogens is 2. The Morgan fingerprint density at radius 3 is 2.24 bits per heavy atom. The minimum absolute atomic E-state index is 0.210. The van der Waals surface area contributed by atoms with Gasteiger partial charge in [0, 0.05) is 34.0 Å². The van der Waals surface area contributed by atoms with Gasteiger partial charge in [0.25, 0.3) is 0 Å². The number of nitrogens with zero attached hydrogens (tertiary/aromatic N) is 1. The van der Waals surface area contributed by atoms with Crippen molar-refractivity contribution in [2.75, 3.05) is 0 Å². The Bertz CT molecular complexity index is 480. The van der Waals surface area contributed by atoms with Gasteiger partial charge >= 0.3 is 0 Å². The maximum absolute atomic E-state index is 6.14. The zero-order valence-corrected chi connectivity index (χ0v) is 10.6. The number of hydrogen-bond donors (Lipinski definition) is 1. The number of nitrogens with two attached hydrogens (primary N) is 1. The standard InChI is InChI=1S/C13H12Cl2N2/c14-10-2-1-3-11(15)13(10)12(16)8-9-4-6-17-7-5-9/h1-7,12H,8,16H2. The average Bonchev–Trinajstić information content (AvgIpc) is 2.30. The highest BCUT2D eigenvalue weighted by atomic mass is 35.5. The van der Waals surface area contributed by atoms with Crippen LogP contribution in [0.25, 0.3) is 0 Å². The van der Waals surface area contributed by atoms with Gasteiger partial charge in [-0.1, -0.05) is 29.3 Å². The molecular formula is C13H12Cl2N2. The molecule has 4 heteroatoms. The van der Waals surface area contributed by atoms with Crippen molar-refractivity contribution in [2.24, 2.45) is 5.73 Å². The number of aromatic nitrogens is 1. The molecule has 2 aromatic rings. The summed E-state index contributed by atoms with van der Waals surface area (Å²) in [4.78, 5) is 3.97. The summed E-state index contributed by atoms with van der Waals surface area (Å²) in [7, 11) is 0. The first kappa shape index (κ1) is 12.4. The summed E-state index contributed by atoms with van der Waals surface area (Å²) in [6.45, 7) is 0. The second-order valence-electron chi connectivity index (χ2n) is 3.80. The molecule has 0 bridgehead atoms. The van der Waals surface area contributed by atoms with Crippen molar-refractivity contribution in [2.45, 2.75) is 12.5 Å². The van der Waals surface area contributed by atoms with Gasteiger partial charge < -0.3 is 5.73 Å². The predicted octanol–water partition coefficient (Wildman–Crippen LogP) is 3.63. The summed E-state index contributed by atoms with van der Waals surface area (Å²) in [6, 6.07) is 9.07. The van der Waals surface area contributed by atoms with Crippen LogP contribution in [-0.2, 0) is 6.42 Å². The Balaban J connectivity index is 2.23. The lowest BCUT2D eigenvalue weighted by molar-refractivity contribution is 0.721. The lowest BCUT2D eigenvalue weighted by Gasteiger charge is -2.15. The van der Waals surface area contributed by atoms with Crippen molar-refractivity contribution in [3.8, 4) is 0 Å². The van der Waals surface area contributed by atoms with E-state index in [1.807, 2.05) is 18.2 Å². The molecule has 0 aliphatic rings. The third-order valence-corrected chi connectivity index (χ3v) is 3.23. The Hall–Kier alpha value is -1.09. The van der Waals surface area contributed by atoms with Crippen LogP contribution >= 0.6 is 23.2 Å². The molecule has 1 unspecified atom stereocenters. The molecule has 0 aliphatic heterocycles. The van der Waals surface area contributed by atoms with Gasteiger partial charge in [-0.15, -0.1) is 0 Å². The van der Waals surface area contributed by atoms with Crippen molar-refractivity contribution in [1.29, 1.82) is 0 Å². The maximum Gasteiger partial charge on any atom is 0.0468 e. The molecule has 0 spiro atoms. The molecule has 1 atom stereocenters. The molecule has 0 radical (unpaired) electrons. The van der Waals surface area contributed by atoms with Gasteiger partial charge in [0.05, 0.1) is 0 Å². The van der Waals surface area contributed by atoms with Gasteiger partial charge in [0.15, 0.2) is 0 Å². The molecule has 2 N–H and O–H groups in total. The molecule has 88 valence electrons. The van der Waals surface area contributed by atoms with Crippen LogP contribution in [0.5, 0.6) is 0 Å². The Kier molecular flexibility index (Phi) is 4.00. The topological polar surface area (TPSA) is 38.9 Å². The minimum atomic E-state index is -0.210. The molecule has 0 aliphatic carbocycles. The minimum Gasteiger partial charge on any atom is -0.324 e. The van der Waals surface area contributed by atoms with E-state index in [-0.39, 0.29) is 6.04 Å². The maximum atomic E-state index is 6.14. The van der Waals surface area contributed by atoms with E-state index < -0.39 is 0 Å². The summed E-state index contributed by atoms with van der Waals surface area (Å²) in [5.41, 5.74) is 8.05. The molecule has 1 aromatic carbocycles. The van der Waals surface area contributed by atoms with Gasteiger partial charge in [-0.25, -0.2) is 0 Å². The zero-order chi connectivity index (χ0) is 12.3. The van der Waals surface area contributed by atoms with Crippen molar-refractivity contribution < 1.29 is 0 Å². The van der Waals surface area contributed by atoms with E-state index in [4.69, 9.17) is 28.9 Å². The van der Waals surface area contributed by atoms with E-state index in [1.165, 1.54) is 0 Å². The summed E-state index contributed by atoms with van der Waals surface area (Å²) in [6.07, 6.45) is 4.18. The fourth-order valence-electron chi connectivity index (χ4n) is 1.74. The first-order valence-electron chi connectivity index (χ1n) is 5.27. The molecule has 1 aromatic heterocycles. The molecule has 0 fully saturated rings. The SMILES string of the molecule is NC(Cc1ccncc1)c1c(Cl)cccc1Cl. The van der Waals surface area contributed by atoms with Crippen molar-refractivity contribution in [3.63, 3.8) is 0 Å². The predicted molar refractivity (Wildman–Crippen MR) is 71.3 cm³/mol. The van der Waals surface area contributed by atoms with E-state index >= 15 is 0 Å². The summed E-state index contributed by atoms with van der Waals surface area (Å²) < 4.78 is 0. The van der Waals surface area contributed by atoms with Gasteiger partial charge in [0.2, 0.25) is 0 Å². The molecular weight excluding hydrogens is 255 g/mol. The number of hydrogen-bond acceptors (Lipinski definition) is 2. The van der Waals surface area contributed by atoms with Crippen LogP contribution in [-0.4, -0.2) is 4.98 Å². The Morgan fingerprint density at radius 1 is 1.06 bits per heavy atom. The smallest absolute Gasteiger partial charge is 0.0468 e. The number of pyridine rings is 1. The second-order valence-corrected chi connectivity index (χ2v) is 4.62. The number of rotatable bonds is 3. The highest BCUT2D eigenvalue weighted by Crippen LogP contribution is 2.30. The molecule has 17 heavy (non-hydrogen) atoms. The van der Waals surface area contributed by atoms with E-state index in [0.29, 0.717) is 16.5 Å². The Morgan fingerprint density at radius 2 is 1.65 bits per heavy atom. The molecule has 0 saturated heterocycles. The van der Waals surface area contributed by atoms with Crippen LogP contribution < -0.4 is 5.73 Å². The third kappa shape index (κ3) is 2.97. The Labute approximate surface area is 110 Å². The first-order valence-corrected chi connectivity index (χ1v) is 6.02. The molecule has 2 rings (SSSR count). The molecule has 0 amide bonds. The van der Waals surface area contributed by atoms with Crippen LogP contribution in [0.4, 0.5) is 0 Å². The molecule has 0 saturated carbocycles. The largest absolute Gasteiger partial charge is 0.324 e. The lowest BCUT2D eigenvalue weighted by atomic mass is 10.0. The van der Waals surface area contributed by atoms with Crippen LogP contribution in [0, 0.1) is 0 Å². The highest BCUT2D eigenvalue weighted by Gasteiger charge is 2.14. The monoisotopic (exact) mass is 266 g/mol. The van der Waals surface area contributed by atoms with E-state index in [1.54, 1.807) is 24.5 Å². The average molecular weight is 267 g/mol. The van der Waals surface area contributed by atoms with Gasteiger partial charge in [0.1, 0.15) is 0 Å². The normalized spacial score (nSPS) is 12.4. The fourth-order valence-corrected chi connectivity index (χ4v) is 2.42. The van der Waals surface area contributed by atoms with E-state index in [2.05, 4.69) is 4.98 Å². The third-order valence-electron chi connectivity index (χ3n) is 2.58. The van der Waals surface area contributed by atoms with Crippen LogP contribution in [0.3, 0.4) is 0 Å². The quantitative estimate of drug-likeness (QED) is 0.922. The molecule has 1 heterocycles. The lowest BCUT2D eigenvalue weighted by Crippen LogP contribution is -2.14. The number of benzene rings is 1. The van der Waals surface area contributed by atoms with E-state index in [9.17, 15) is 0 Å². The van der Waals surface area contributed by atoms with Crippen molar-refractivity contribution >= 4 is 23.2 Å². The van der Waals surface area contributed by atoms with Crippen molar-refractivity contribution in [1.82, 2.24) is 4.98 Å². The van der Waals surface area contributed by atoms with Crippen molar-refractivity contribution in [3.05, 3.63) is 63.9 Å². The van der Waals surface area contributed by atoms with E-state index in [0.717, 1.165) is 11.1 Å².